The first-order valence-electron chi connectivity index (χ1n) is 12.7. The number of aliphatic hydroxyl groups excluding tert-OH is 1. The summed E-state index contributed by atoms with van der Waals surface area (Å²) in [5.41, 5.74) is 2.91. The standard InChI is InChI=1S/C27H31FO.C4H6O2/c1-2-3-4-5-19-6-8-20(9-7-19)23-13-15-26(27(28)18-23)24-11-10-22-17-25(29)14-12-21(22)16-24;1-4(2-5)3-6/h10-20,29H,2-9H2,1H3;2,6H,1,3H2. The van der Waals surface area contributed by atoms with Crippen LogP contribution in [0.5, 0.6) is 5.75 Å². The van der Waals surface area contributed by atoms with E-state index >= 15 is 0 Å². The van der Waals surface area contributed by atoms with E-state index in [2.05, 4.69) is 19.6 Å². The Morgan fingerprint density at radius 3 is 2.34 bits per heavy atom. The van der Waals surface area contributed by atoms with Gasteiger partial charge in [0.25, 0.3) is 0 Å². The van der Waals surface area contributed by atoms with Crippen LogP contribution < -0.4 is 0 Å². The van der Waals surface area contributed by atoms with Crippen LogP contribution in [0.3, 0.4) is 0 Å². The van der Waals surface area contributed by atoms with Gasteiger partial charge >= 0.3 is 0 Å². The summed E-state index contributed by atoms with van der Waals surface area (Å²) >= 11 is 0. The van der Waals surface area contributed by atoms with Crippen LogP contribution in [-0.2, 0) is 4.79 Å². The van der Waals surface area contributed by atoms with Crippen molar-refractivity contribution in [3.05, 3.63) is 78.1 Å². The highest BCUT2D eigenvalue weighted by Crippen LogP contribution is 2.39. The predicted molar refractivity (Wildman–Crippen MR) is 142 cm³/mol. The molecule has 1 aliphatic carbocycles. The monoisotopic (exact) mass is 476 g/mol. The lowest BCUT2D eigenvalue weighted by molar-refractivity contribution is -0.105. The molecule has 0 atom stereocenters. The van der Waals surface area contributed by atoms with Gasteiger partial charge in [-0.2, -0.15) is 0 Å². The lowest BCUT2D eigenvalue weighted by Gasteiger charge is -2.29. The Kier molecular flexibility index (Phi) is 10.0. The number of aromatic hydroxyl groups is 1. The molecular formula is C31H37FO3. The molecule has 0 saturated heterocycles. The lowest BCUT2D eigenvalue weighted by Crippen LogP contribution is -2.13. The van der Waals surface area contributed by atoms with Gasteiger partial charge in [-0.3, -0.25) is 4.79 Å². The first kappa shape index (κ1) is 26.6. The molecular weight excluding hydrogens is 439 g/mol. The highest BCUT2D eigenvalue weighted by molar-refractivity contribution is 5.88. The number of phenols is 1. The zero-order chi connectivity index (χ0) is 25.2. The van der Waals surface area contributed by atoms with E-state index in [0.29, 0.717) is 17.8 Å². The van der Waals surface area contributed by atoms with E-state index in [-0.39, 0.29) is 23.7 Å². The number of carbonyl (C=O) groups excluding carboxylic acids is 1. The first-order valence-corrected chi connectivity index (χ1v) is 12.7. The van der Waals surface area contributed by atoms with Gasteiger partial charge in [0, 0.05) is 11.1 Å². The third-order valence-electron chi connectivity index (χ3n) is 7.03. The molecule has 0 bridgehead atoms. The van der Waals surface area contributed by atoms with Crippen molar-refractivity contribution in [1.82, 2.24) is 0 Å². The van der Waals surface area contributed by atoms with Crippen molar-refractivity contribution in [1.29, 1.82) is 0 Å². The van der Waals surface area contributed by atoms with Crippen LogP contribution in [0.4, 0.5) is 4.39 Å². The average Bonchev–Trinajstić information content (AvgIpc) is 2.89. The number of aliphatic hydroxyl groups is 1. The third kappa shape index (κ3) is 7.50. The predicted octanol–water partition coefficient (Wildman–Crippen LogP) is 7.94. The Bertz CT molecular complexity index is 1130. The molecule has 35 heavy (non-hydrogen) atoms. The van der Waals surface area contributed by atoms with Gasteiger partial charge in [0.1, 0.15) is 17.9 Å². The molecule has 0 unspecified atom stereocenters. The summed E-state index contributed by atoms with van der Waals surface area (Å²) < 4.78 is 15.0. The lowest BCUT2D eigenvalue weighted by atomic mass is 9.77. The number of rotatable bonds is 8. The van der Waals surface area contributed by atoms with Crippen molar-refractivity contribution in [3.8, 4) is 16.9 Å². The van der Waals surface area contributed by atoms with Gasteiger partial charge in [0.15, 0.2) is 0 Å². The summed E-state index contributed by atoms with van der Waals surface area (Å²) in [5.74, 6) is 1.49. The van der Waals surface area contributed by atoms with Crippen molar-refractivity contribution in [2.45, 2.75) is 64.2 Å². The maximum atomic E-state index is 15.0. The number of benzene rings is 3. The van der Waals surface area contributed by atoms with Crippen LogP contribution in [0.25, 0.3) is 21.9 Å². The molecule has 3 nitrogen and oxygen atoms in total. The molecule has 1 saturated carbocycles. The van der Waals surface area contributed by atoms with Gasteiger partial charge in [-0.15, -0.1) is 0 Å². The van der Waals surface area contributed by atoms with Gasteiger partial charge in [-0.05, 0) is 83.7 Å². The van der Waals surface area contributed by atoms with E-state index in [0.717, 1.165) is 27.8 Å². The number of carbonyl (C=O) groups is 1. The van der Waals surface area contributed by atoms with Gasteiger partial charge in [0.2, 0.25) is 0 Å². The normalized spacial score (nSPS) is 17.5. The zero-order valence-corrected chi connectivity index (χ0v) is 20.7. The Morgan fingerprint density at radius 2 is 1.71 bits per heavy atom. The van der Waals surface area contributed by atoms with E-state index in [4.69, 9.17) is 5.11 Å². The van der Waals surface area contributed by atoms with Crippen molar-refractivity contribution >= 4 is 17.1 Å². The molecule has 3 aromatic carbocycles. The van der Waals surface area contributed by atoms with Crippen LogP contribution in [-0.4, -0.2) is 23.1 Å². The quantitative estimate of drug-likeness (QED) is 0.197. The van der Waals surface area contributed by atoms with Crippen LogP contribution in [0.2, 0.25) is 0 Å². The van der Waals surface area contributed by atoms with Gasteiger partial charge in [-0.25, -0.2) is 4.39 Å². The Labute approximate surface area is 208 Å². The Morgan fingerprint density at radius 1 is 1.00 bits per heavy atom. The van der Waals surface area contributed by atoms with E-state index in [1.807, 2.05) is 30.3 Å². The van der Waals surface area contributed by atoms with Crippen molar-refractivity contribution in [2.75, 3.05) is 6.61 Å². The summed E-state index contributed by atoms with van der Waals surface area (Å²) in [6.07, 6.45) is 10.9. The maximum absolute atomic E-state index is 15.0. The number of unbranched alkanes of at least 4 members (excludes halogenated alkanes) is 2. The number of aldehydes is 1. The van der Waals surface area contributed by atoms with Gasteiger partial charge < -0.3 is 10.2 Å². The molecule has 0 aromatic heterocycles. The molecule has 1 fully saturated rings. The van der Waals surface area contributed by atoms with E-state index in [1.54, 1.807) is 18.2 Å². The Balaban J connectivity index is 0.000000509. The summed E-state index contributed by atoms with van der Waals surface area (Å²) in [4.78, 5) is 9.48. The van der Waals surface area contributed by atoms with E-state index in [9.17, 15) is 14.3 Å². The fourth-order valence-corrected chi connectivity index (χ4v) is 4.92. The minimum Gasteiger partial charge on any atom is -0.508 e. The summed E-state index contributed by atoms with van der Waals surface area (Å²) in [6, 6.07) is 17.0. The SMILES string of the molecule is C=C(C=O)CO.CCCCCC1CCC(c2ccc(-c3ccc4cc(O)ccc4c3)c(F)c2)CC1. The molecule has 4 rings (SSSR count). The molecule has 0 amide bonds. The highest BCUT2D eigenvalue weighted by Gasteiger charge is 2.23. The summed E-state index contributed by atoms with van der Waals surface area (Å²) in [5, 5.41) is 19.6. The summed E-state index contributed by atoms with van der Waals surface area (Å²) in [6.45, 7) is 5.20. The van der Waals surface area contributed by atoms with E-state index < -0.39 is 0 Å². The molecule has 3 aromatic rings. The molecule has 0 aliphatic heterocycles. The third-order valence-corrected chi connectivity index (χ3v) is 7.03. The number of hydrogen-bond acceptors (Lipinski definition) is 3. The molecule has 2 N–H and O–H groups in total. The zero-order valence-electron chi connectivity index (χ0n) is 20.7. The number of halogens is 1. The smallest absolute Gasteiger partial charge is 0.147 e. The highest BCUT2D eigenvalue weighted by atomic mass is 19.1. The molecule has 0 radical (unpaired) electrons. The van der Waals surface area contributed by atoms with E-state index in [1.165, 1.54) is 51.4 Å². The summed E-state index contributed by atoms with van der Waals surface area (Å²) in [7, 11) is 0. The topological polar surface area (TPSA) is 57.5 Å². The van der Waals surface area contributed by atoms with Gasteiger partial charge in [-0.1, -0.05) is 69.5 Å². The second kappa shape index (κ2) is 13.2. The molecule has 186 valence electrons. The minimum absolute atomic E-state index is 0.134. The second-order valence-corrected chi connectivity index (χ2v) is 9.63. The van der Waals surface area contributed by atoms with Gasteiger partial charge in [0.05, 0.1) is 6.61 Å². The van der Waals surface area contributed by atoms with Crippen molar-refractivity contribution in [2.24, 2.45) is 5.92 Å². The van der Waals surface area contributed by atoms with Crippen molar-refractivity contribution < 1.29 is 19.4 Å². The van der Waals surface area contributed by atoms with Crippen LogP contribution in [0.1, 0.15) is 69.8 Å². The Hall–Kier alpha value is -2.98. The fraction of sp³-hybridized carbons (Fsp3) is 0.387. The first-order chi connectivity index (χ1) is 16.9. The molecule has 0 heterocycles. The number of hydrogen-bond donors (Lipinski definition) is 2. The largest absolute Gasteiger partial charge is 0.508 e. The van der Waals surface area contributed by atoms with Crippen LogP contribution in [0, 0.1) is 11.7 Å². The maximum Gasteiger partial charge on any atom is 0.147 e. The minimum atomic E-state index is -0.233. The molecule has 0 spiro atoms. The molecule has 4 heteroatoms. The second-order valence-electron chi connectivity index (χ2n) is 9.63. The molecule has 1 aliphatic rings. The number of fused-ring (bicyclic) bond motifs is 1. The van der Waals surface area contributed by atoms with Crippen LogP contribution in [0.15, 0.2) is 66.7 Å². The fourth-order valence-electron chi connectivity index (χ4n) is 4.92. The average molecular weight is 477 g/mol. The van der Waals surface area contributed by atoms with Crippen LogP contribution >= 0.6 is 0 Å². The van der Waals surface area contributed by atoms with Crippen molar-refractivity contribution in [3.63, 3.8) is 0 Å². The number of phenolic OH excluding ortho intramolecular Hbond substituents is 1.